The highest BCUT2D eigenvalue weighted by molar-refractivity contribution is 5.97. The molecule has 0 spiro atoms. The van der Waals surface area contributed by atoms with Gasteiger partial charge >= 0.3 is 0 Å². The Balaban J connectivity index is 1.68. The van der Waals surface area contributed by atoms with Crippen LogP contribution in [0.2, 0.25) is 0 Å². The normalized spacial score (nSPS) is 16.5. The molecule has 0 saturated carbocycles. The summed E-state index contributed by atoms with van der Waals surface area (Å²) in [5, 5.41) is 5.99. The molecule has 2 N–H and O–H groups in total. The molecular weight excluding hydrogens is 340 g/mol. The summed E-state index contributed by atoms with van der Waals surface area (Å²) in [7, 11) is 1.58. The van der Waals surface area contributed by atoms with Gasteiger partial charge in [-0.1, -0.05) is 38.1 Å². The molecule has 1 aliphatic rings. The molecule has 0 aliphatic heterocycles. The maximum atomic E-state index is 12.9. The molecule has 2 atom stereocenters. The number of nitrogens with one attached hydrogen (secondary N) is 2. The molecule has 142 valence electrons. The average Bonchev–Trinajstić information content (AvgIpc) is 3.08. The second-order valence-electron chi connectivity index (χ2n) is 7.22. The fourth-order valence-electron chi connectivity index (χ4n) is 3.47. The molecule has 0 unspecified atom stereocenters. The summed E-state index contributed by atoms with van der Waals surface area (Å²) in [4.78, 5) is 25.4. The smallest absolute Gasteiger partial charge is 0.251 e. The minimum Gasteiger partial charge on any atom is -0.497 e. The number of ether oxygens (including phenoxy) is 1. The topological polar surface area (TPSA) is 67.4 Å². The van der Waals surface area contributed by atoms with Gasteiger partial charge in [-0.2, -0.15) is 0 Å². The van der Waals surface area contributed by atoms with E-state index in [1.807, 2.05) is 26.0 Å². The second-order valence-corrected chi connectivity index (χ2v) is 7.22. The van der Waals surface area contributed by atoms with Crippen molar-refractivity contribution in [1.29, 1.82) is 0 Å². The van der Waals surface area contributed by atoms with E-state index in [1.54, 1.807) is 31.4 Å². The number of carbonyl (C=O) groups is 2. The minimum absolute atomic E-state index is 0.00726. The molecule has 2 aromatic rings. The van der Waals surface area contributed by atoms with Crippen molar-refractivity contribution in [1.82, 2.24) is 10.6 Å². The van der Waals surface area contributed by atoms with Crippen LogP contribution in [0.1, 0.15) is 47.8 Å². The van der Waals surface area contributed by atoms with Crippen molar-refractivity contribution >= 4 is 11.8 Å². The molecule has 2 amide bonds. The lowest BCUT2D eigenvalue weighted by Crippen LogP contribution is -2.50. The summed E-state index contributed by atoms with van der Waals surface area (Å²) in [6, 6.07) is 14.4. The molecule has 0 heterocycles. The van der Waals surface area contributed by atoms with E-state index in [4.69, 9.17) is 4.74 Å². The Morgan fingerprint density at radius 2 is 1.78 bits per heavy atom. The highest BCUT2D eigenvalue weighted by Gasteiger charge is 2.29. The number of methoxy groups -OCH3 is 1. The van der Waals surface area contributed by atoms with Crippen LogP contribution in [0.25, 0.3) is 0 Å². The molecule has 2 aromatic carbocycles. The third-order valence-electron chi connectivity index (χ3n) is 5.04. The fraction of sp³-hybridized carbons (Fsp3) is 0.364. The van der Waals surface area contributed by atoms with Crippen molar-refractivity contribution in [2.75, 3.05) is 7.11 Å². The molecule has 0 bridgehead atoms. The standard InChI is InChI=1S/C22H26N2O3/c1-14(2)20(24-21(25)16-8-11-17(27-3)12-9-16)22(26)23-19-13-10-15-6-4-5-7-18(15)19/h4-9,11-12,14,19-20H,10,13H2,1-3H3,(H,23,26)(H,24,25)/t19-,20+/m0/s1. The average molecular weight is 366 g/mol. The highest BCUT2D eigenvalue weighted by atomic mass is 16.5. The number of rotatable bonds is 6. The molecule has 3 rings (SSSR count). The predicted molar refractivity (Wildman–Crippen MR) is 105 cm³/mol. The van der Waals surface area contributed by atoms with Gasteiger partial charge in [-0.3, -0.25) is 9.59 Å². The Morgan fingerprint density at radius 3 is 2.44 bits per heavy atom. The lowest BCUT2D eigenvalue weighted by Gasteiger charge is -2.24. The van der Waals surface area contributed by atoms with Crippen LogP contribution in [0.5, 0.6) is 5.75 Å². The maximum absolute atomic E-state index is 12.9. The van der Waals surface area contributed by atoms with Gasteiger partial charge in [0.1, 0.15) is 11.8 Å². The number of carbonyl (C=O) groups excluding carboxylic acids is 2. The molecule has 0 radical (unpaired) electrons. The summed E-state index contributed by atoms with van der Waals surface area (Å²) in [6.45, 7) is 3.86. The summed E-state index contributed by atoms with van der Waals surface area (Å²) < 4.78 is 5.11. The molecule has 1 aliphatic carbocycles. The van der Waals surface area contributed by atoms with Gasteiger partial charge in [0, 0.05) is 5.56 Å². The van der Waals surface area contributed by atoms with E-state index >= 15 is 0 Å². The second kappa shape index (κ2) is 8.25. The van der Waals surface area contributed by atoms with Gasteiger partial charge in [-0.25, -0.2) is 0 Å². The number of hydrogen-bond donors (Lipinski definition) is 2. The summed E-state index contributed by atoms with van der Waals surface area (Å²) in [6.07, 6.45) is 1.86. The first kappa shape index (κ1) is 19.0. The number of hydrogen-bond acceptors (Lipinski definition) is 3. The quantitative estimate of drug-likeness (QED) is 0.825. The summed E-state index contributed by atoms with van der Waals surface area (Å²) in [5.74, 6) is 0.250. The molecule has 0 saturated heterocycles. The van der Waals surface area contributed by atoms with E-state index in [-0.39, 0.29) is 23.8 Å². The van der Waals surface area contributed by atoms with Crippen LogP contribution in [0.4, 0.5) is 0 Å². The zero-order valence-electron chi connectivity index (χ0n) is 16.0. The lowest BCUT2D eigenvalue weighted by molar-refractivity contribution is -0.124. The van der Waals surface area contributed by atoms with Crippen LogP contribution >= 0.6 is 0 Å². The number of fused-ring (bicyclic) bond motifs is 1. The SMILES string of the molecule is COc1ccc(C(=O)N[C@@H](C(=O)N[C@H]2CCc3ccccc32)C(C)C)cc1. The largest absolute Gasteiger partial charge is 0.497 e. The van der Waals surface area contributed by atoms with E-state index in [9.17, 15) is 9.59 Å². The molecule has 0 fully saturated rings. The highest BCUT2D eigenvalue weighted by Crippen LogP contribution is 2.30. The number of aryl methyl sites for hydroxylation is 1. The Hall–Kier alpha value is -2.82. The zero-order chi connectivity index (χ0) is 19.4. The third-order valence-corrected chi connectivity index (χ3v) is 5.04. The van der Waals surface area contributed by atoms with E-state index in [2.05, 4.69) is 22.8 Å². The van der Waals surface area contributed by atoms with Gasteiger partial charge < -0.3 is 15.4 Å². The Bertz CT molecular complexity index is 815. The van der Waals surface area contributed by atoms with Crippen molar-refractivity contribution in [2.24, 2.45) is 5.92 Å². The van der Waals surface area contributed by atoms with Crippen LogP contribution in [0.15, 0.2) is 48.5 Å². The van der Waals surface area contributed by atoms with Crippen LogP contribution in [-0.4, -0.2) is 25.0 Å². The van der Waals surface area contributed by atoms with E-state index in [1.165, 1.54) is 11.1 Å². The van der Waals surface area contributed by atoms with Gasteiger partial charge in [0.05, 0.1) is 13.2 Å². The van der Waals surface area contributed by atoms with Crippen LogP contribution in [0, 0.1) is 5.92 Å². The Morgan fingerprint density at radius 1 is 1.07 bits per heavy atom. The van der Waals surface area contributed by atoms with Crippen molar-refractivity contribution in [3.63, 3.8) is 0 Å². The Labute approximate surface area is 160 Å². The van der Waals surface area contributed by atoms with E-state index in [0.29, 0.717) is 11.3 Å². The maximum Gasteiger partial charge on any atom is 0.251 e. The van der Waals surface area contributed by atoms with Crippen LogP contribution in [-0.2, 0) is 11.2 Å². The van der Waals surface area contributed by atoms with Crippen molar-refractivity contribution in [2.45, 2.75) is 38.8 Å². The zero-order valence-corrected chi connectivity index (χ0v) is 16.0. The minimum atomic E-state index is -0.590. The van der Waals surface area contributed by atoms with Crippen molar-refractivity contribution in [3.8, 4) is 5.75 Å². The van der Waals surface area contributed by atoms with E-state index < -0.39 is 6.04 Å². The van der Waals surface area contributed by atoms with E-state index in [0.717, 1.165) is 12.8 Å². The Kier molecular flexibility index (Phi) is 5.79. The molecular formula is C22H26N2O3. The van der Waals surface area contributed by atoms with Crippen LogP contribution in [0.3, 0.4) is 0 Å². The molecule has 0 aromatic heterocycles. The van der Waals surface area contributed by atoms with Gasteiger partial charge in [0.15, 0.2) is 0 Å². The third kappa shape index (κ3) is 4.30. The van der Waals surface area contributed by atoms with Gasteiger partial charge in [-0.05, 0) is 54.2 Å². The first-order chi connectivity index (χ1) is 13.0. The molecule has 5 nitrogen and oxygen atoms in total. The number of benzene rings is 2. The fourth-order valence-corrected chi connectivity index (χ4v) is 3.47. The van der Waals surface area contributed by atoms with Gasteiger partial charge in [-0.15, -0.1) is 0 Å². The van der Waals surface area contributed by atoms with Crippen LogP contribution < -0.4 is 15.4 Å². The number of amides is 2. The molecule has 27 heavy (non-hydrogen) atoms. The summed E-state index contributed by atoms with van der Waals surface area (Å²) >= 11 is 0. The van der Waals surface area contributed by atoms with Gasteiger partial charge in [0.2, 0.25) is 5.91 Å². The lowest BCUT2D eigenvalue weighted by atomic mass is 10.0. The molecule has 5 heteroatoms. The first-order valence-corrected chi connectivity index (χ1v) is 9.32. The van der Waals surface area contributed by atoms with Crippen molar-refractivity contribution in [3.05, 3.63) is 65.2 Å². The summed E-state index contributed by atoms with van der Waals surface area (Å²) in [5.41, 5.74) is 2.96. The van der Waals surface area contributed by atoms with Gasteiger partial charge in [0.25, 0.3) is 5.91 Å². The monoisotopic (exact) mass is 366 g/mol. The van der Waals surface area contributed by atoms with Crippen molar-refractivity contribution < 1.29 is 14.3 Å². The first-order valence-electron chi connectivity index (χ1n) is 9.32. The predicted octanol–water partition coefficient (Wildman–Crippen LogP) is 3.25.